The van der Waals surface area contributed by atoms with Crippen LogP contribution in [-0.4, -0.2) is 47.8 Å². The van der Waals surface area contributed by atoms with Crippen molar-refractivity contribution in [1.29, 1.82) is 0 Å². The van der Waals surface area contributed by atoms with E-state index in [-0.39, 0.29) is 17.9 Å². The summed E-state index contributed by atoms with van der Waals surface area (Å²) in [5.41, 5.74) is 0.908. The summed E-state index contributed by atoms with van der Waals surface area (Å²) in [6, 6.07) is 8.96. The fourth-order valence-corrected chi connectivity index (χ4v) is 5.34. The van der Waals surface area contributed by atoms with Gasteiger partial charge in [-0.15, -0.1) is 23.1 Å². The molecule has 4 nitrogen and oxygen atoms in total. The predicted octanol–water partition coefficient (Wildman–Crippen LogP) is 3.95. The van der Waals surface area contributed by atoms with Crippen molar-refractivity contribution >= 4 is 29.1 Å². The van der Waals surface area contributed by atoms with E-state index in [2.05, 4.69) is 27.7 Å². The second kappa shape index (κ2) is 7.98. The van der Waals surface area contributed by atoms with Gasteiger partial charge in [0, 0.05) is 48.2 Å². The Labute approximate surface area is 161 Å². The van der Waals surface area contributed by atoms with Crippen molar-refractivity contribution in [2.24, 2.45) is 0 Å². The summed E-state index contributed by atoms with van der Waals surface area (Å²) in [7, 11) is 0. The number of piperazine rings is 1. The molecule has 26 heavy (non-hydrogen) atoms. The Hall–Kier alpha value is -1.57. The second-order valence-corrected chi connectivity index (χ2v) is 8.83. The van der Waals surface area contributed by atoms with E-state index in [1.54, 1.807) is 29.2 Å². The summed E-state index contributed by atoms with van der Waals surface area (Å²) in [5.74, 6) is 0.700. The normalized spacial score (nSPS) is 20.7. The number of benzene rings is 1. The first kappa shape index (κ1) is 17.8. The molecule has 1 aromatic carbocycles. The molecule has 4 rings (SSSR count). The fraction of sp³-hybridized carbons (Fsp3) is 0.421. The van der Waals surface area contributed by atoms with Gasteiger partial charge in [0.25, 0.3) is 0 Å². The molecule has 0 radical (unpaired) electrons. The van der Waals surface area contributed by atoms with E-state index in [0.29, 0.717) is 0 Å². The Morgan fingerprint density at radius 1 is 1.23 bits per heavy atom. The van der Waals surface area contributed by atoms with E-state index in [9.17, 15) is 9.18 Å². The van der Waals surface area contributed by atoms with Gasteiger partial charge in [0.1, 0.15) is 5.82 Å². The highest BCUT2D eigenvalue weighted by atomic mass is 32.2. The first-order valence-corrected chi connectivity index (χ1v) is 10.8. The van der Waals surface area contributed by atoms with Crippen LogP contribution in [0.4, 0.5) is 9.18 Å². The number of amides is 2. The number of fused-ring (bicyclic) bond motifs is 1. The summed E-state index contributed by atoms with van der Waals surface area (Å²) in [6.07, 6.45) is 0.838. The lowest BCUT2D eigenvalue weighted by Gasteiger charge is -2.36. The number of urea groups is 1. The fourth-order valence-electron chi connectivity index (χ4n) is 3.49. The highest BCUT2D eigenvalue weighted by Crippen LogP contribution is 2.36. The maximum atomic E-state index is 13.6. The Bertz CT molecular complexity index is 760. The summed E-state index contributed by atoms with van der Waals surface area (Å²) < 4.78 is 13.6. The maximum Gasteiger partial charge on any atom is 0.317 e. The van der Waals surface area contributed by atoms with Crippen molar-refractivity contribution in [3.63, 3.8) is 0 Å². The van der Waals surface area contributed by atoms with E-state index in [4.69, 9.17) is 0 Å². The zero-order chi connectivity index (χ0) is 17.9. The number of thiophene rings is 1. The average Bonchev–Trinajstić information content (AvgIpc) is 3.16. The molecule has 0 aliphatic carbocycles. The van der Waals surface area contributed by atoms with Crippen molar-refractivity contribution in [2.75, 3.05) is 31.9 Å². The van der Waals surface area contributed by atoms with Gasteiger partial charge < -0.3 is 10.2 Å². The smallest absolute Gasteiger partial charge is 0.317 e. The van der Waals surface area contributed by atoms with Crippen molar-refractivity contribution in [3.05, 3.63) is 52.0 Å². The SMILES string of the molecule is O=C(NC1CCSc2ccc(F)cc21)N1CCN(Cc2cccs2)CC1. The van der Waals surface area contributed by atoms with Gasteiger partial charge in [-0.2, -0.15) is 0 Å². The molecule has 2 amide bonds. The summed E-state index contributed by atoms with van der Waals surface area (Å²) >= 11 is 3.50. The molecule has 1 saturated heterocycles. The first-order valence-electron chi connectivity index (χ1n) is 8.91. The van der Waals surface area contributed by atoms with Crippen LogP contribution in [0.2, 0.25) is 0 Å². The van der Waals surface area contributed by atoms with Crippen LogP contribution in [-0.2, 0) is 6.54 Å². The van der Waals surface area contributed by atoms with E-state index < -0.39 is 0 Å². The lowest BCUT2D eigenvalue weighted by Crippen LogP contribution is -2.52. The van der Waals surface area contributed by atoms with Crippen LogP contribution in [0.3, 0.4) is 0 Å². The predicted molar refractivity (Wildman–Crippen MR) is 104 cm³/mol. The third kappa shape index (κ3) is 4.05. The molecular formula is C19H22FN3OS2. The summed E-state index contributed by atoms with van der Waals surface area (Å²) in [6.45, 7) is 4.19. The van der Waals surface area contributed by atoms with Crippen LogP contribution in [0.1, 0.15) is 22.9 Å². The minimum atomic E-state index is -0.243. The van der Waals surface area contributed by atoms with Crippen molar-refractivity contribution in [3.8, 4) is 0 Å². The number of halogens is 1. The number of carbonyl (C=O) groups excluding carboxylic acids is 1. The van der Waals surface area contributed by atoms with Crippen molar-refractivity contribution < 1.29 is 9.18 Å². The van der Waals surface area contributed by atoms with Gasteiger partial charge in [-0.05, 0) is 41.6 Å². The number of thioether (sulfide) groups is 1. The monoisotopic (exact) mass is 391 g/mol. The van der Waals surface area contributed by atoms with Gasteiger partial charge in [-0.3, -0.25) is 4.90 Å². The molecule has 0 saturated carbocycles. The summed E-state index contributed by atoms with van der Waals surface area (Å²) in [5, 5.41) is 5.22. The average molecular weight is 392 g/mol. The molecule has 1 aromatic heterocycles. The molecule has 3 heterocycles. The Morgan fingerprint density at radius 3 is 2.85 bits per heavy atom. The number of carbonyl (C=O) groups is 1. The molecule has 1 unspecified atom stereocenters. The minimum absolute atomic E-state index is 0.0344. The number of rotatable bonds is 3. The van der Waals surface area contributed by atoms with E-state index >= 15 is 0 Å². The third-order valence-electron chi connectivity index (χ3n) is 4.93. The maximum absolute atomic E-state index is 13.6. The lowest BCUT2D eigenvalue weighted by molar-refractivity contribution is 0.133. The van der Waals surface area contributed by atoms with Crippen LogP contribution in [0, 0.1) is 5.82 Å². The van der Waals surface area contributed by atoms with E-state index in [1.807, 2.05) is 11.0 Å². The van der Waals surface area contributed by atoms with Gasteiger partial charge in [0.2, 0.25) is 0 Å². The zero-order valence-corrected chi connectivity index (χ0v) is 16.1. The molecule has 7 heteroatoms. The van der Waals surface area contributed by atoms with Crippen LogP contribution in [0.15, 0.2) is 40.6 Å². The molecule has 1 atom stereocenters. The lowest BCUT2D eigenvalue weighted by atomic mass is 10.0. The molecular weight excluding hydrogens is 369 g/mol. The first-order chi connectivity index (χ1) is 12.7. The van der Waals surface area contributed by atoms with Gasteiger partial charge in [0.05, 0.1) is 6.04 Å². The van der Waals surface area contributed by atoms with E-state index in [0.717, 1.165) is 55.4 Å². The van der Waals surface area contributed by atoms with Gasteiger partial charge >= 0.3 is 6.03 Å². The standard InChI is InChI=1S/C19H22FN3OS2/c20-14-3-4-18-16(12-14)17(5-11-26-18)21-19(24)23-8-6-22(7-9-23)13-15-2-1-10-25-15/h1-4,10,12,17H,5-9,11,13H2,(H,21,24). The van der Waals surface area contributed by atoms with Crippen LogP contribution >= 0.6 is 23.1 Å². The molecule has 0 bridgehead atoms. The number of hydrogen-bond donors (Lipinski definition) is 1. The highest BCUT2D eigenvalue weighted by Gasteiger charge is 2.27. The van der Waals surface area contributed by atoms with Crippen molar-refractivity contribution in [2.45, 2.75) is 23.9 Å². The molecule has 1 N–H and O–H groups in total. The molecule has 2 aliphatic heterocycles. The molecule has 2 aliphatic rings. The topological polar surface area (TPSA) is 35.6 Å². The quantitative estimate of drug-likeness (QED) is 0.861. The van der Waals surface area contributed by atoms with E-state index in [1.165, 1.54) is 10.9 Å². The largest absolute Gasteiger partial charge is 0.331 e. The Balaban J connectivity index is 1.33. The number of nitrogens with zero attached hydrogens (tertiary/aromatic N) is 2. The van der Waals surface area contributed by atoms with Crippen LogP contribution in [0.25, 0.3) is 0 Å². The third-order valence-corrected chi connectivity index (χ3v) is 6.91. The molecule has 1 fully saturated rings. The second-order valence-electron chi connectivity index (χ2n) is 6.66. The van der Waals surface area contributed by atoms with Crippen LogP contribution < -0.4 is 5.32 Å². The Morgan fingerprint density at radius 2 is 2.08 bits per heavy atom. The zero-order valence-electron chi connectivity index (χ0n) is 14.5. The van der Waals surface area contributed by atoms with Gasteiger partial charge in [-0.1, -0.05) is 6.07 Å². The van der Waals surface area contributed by atoms with Crippen molar-refractivity contribution in [1.82, 2.24) is 15.1 Å². The highest BCUT2D eigenvalue weighted by molar-refractivity contribution is 7.99. The summed E-state index contributed by atoms with van der Waals surface area (Å²) in [4.78, 5) is 19.4. The number of nitrogens with one attached hydrogen (secondary N) is 1. The molecule has 138 valence electrons. The number of hydrogen-bond acceptors (Lipinski definition) is 4. The van der Waals surface area contributed by atoms with Gasteiger partial charge in [-0.25, -0.2) is 9.18 Å². The van der Waals surface area contributed by atoms with Gasteiger partial charge in [0.15, 0.2) is 0 Å². The molecule has 2 aromatic rings. The minimum Gasteiger partial charge on any atom is -0.331 e. The van der Waals surface area contributed by atoms with Crippen LogP contribution in [0.5, 0.6) is 0 Å². The molecule has 0 spiro atoms. The Kier molecular flexibility index (Phi) is 5.47.